The van der Waals surface area contributed by atoms with Gasteiger partial charge >= 0.3 is 6.09 Å². The highest BCUT2D eigenvalue weighted by atomic mass is 79.9. The number of amides is 1. The van der Waals surface area contributed by atoms with Crippen LogP contribution >= 0.6 is 27.3 Å². The van der Waals surface area contributed by atoms with Gasteiger partial charge in [0.1, 0.15) is 0 Å². The van der Waals surface area contributed by atoms with Gasteiger partial charge in [0.05, 0.1) is 20.8 Å². The molecule has 1 aliphatic rings. The van der Waals surface area contributed by atoms with Crippen molar-refractivity contribution in [1.29, 1.82) is 5.26 Å². The number of hydrogen-bond acceptors (Lipinski definition) is 6. The molecule has 0 bridgehead atoms. The number of para-hydroxylation sites is 1. The molecule has 0 atom stereocenters. The molecule has 138 valence electrons. The van der Waals surface area contributed by atoms with Gasteiger partial charge in [-0.2, -0.15) is 10.4 Å². The van der Waals surface area contributed by atoms with Gasteiger partial charge in [0.25, 0.3) is 0 Å². The standard InChI is InChI=1S/C18H16BrN5O2S/c19-15-6-5-14(27-15)18(11-20)7-9-24(10-8-18)26-17(25)21-16-12-3-1-2-4-13(12)22-23-16/h1-6H,7-10H2,(H2,21,22,23,25). The highest BCUT2D eigenvalue weighted by molar-refractivity contribution is 9.11. The molecule has 4 rings (SSSR count). The third kappa shape index (κ3) is 3.56. The Bertz CT molecular complexity index is 1020. The zero-order valence-corrected chi connectivity index (χ0v) is 16.6. The maximum Gasteiger partial charge on any atom is 0.432 e. The number of carbonyl (C=O) groups excluding carboxylic acids is 1. The lowest BCUT2D eigenvalue weighted by molar-refractivity contribution is -0.112. The molecule has 0 radical (unpaired) electrons. The Morgan fingerprint density at radius 1 is 1.33 bits per heavy atom. The topological polar surface area (TPSA) is 94.0 Å². The fourth-order valence-electron chi connectivity index (χ4n) is 3.24. The first-order chi connectivity index (χ1) is 13.1. The maximum absolute atomic E-state index is 12.2. The van der Waals surface area contributed by atoms with E-state index in [2.05, 4.69) is 37.5 Å². The Balaban J connectivity index is 1.37. The van der Waals surface area contributed by atoms with Crippen molar-refractivity contribution < 1.29 is 9.63 Å². The Hall–Kier alpha value is -2.41. The van der Waals surface area contributed by atoms with Gasteiger partial charge in [0.2, 0.25) is 0 Å². The van der Waals surface area contributed by atoms with Crippen LogP contribution in [0, 0.1) is 11.3 Å². The summed E-state index contributed by atoms with van der Waals surface area (Å²) in [6.07, 6.45) is 0.625. The lowest BCUT2D eigenvalue weighted by Gasteiger charge is -2.35. The van der Waals surface area contributed by atoms with Gasteiger partial charge in [-0.3, -0.25) is 10.4 Å². The molecular formula is C18H16BrN5O2S. The fraction of sp³-hybridized carbons (Fsp3) is 0.278. The van der Waals surface area contributed by atoms with E-state index in [-0.39, 0.29) is 0 Å². The zero-order chi connectivity index (χ0) is 18.9. The Morgan fingerprint density at radius 3 is 2.81 bits per heavy atom. The molecule has 2 aromatic heterocycles. The number of hydroxylamine groups is 2. The first-order valence-electron chi connectivity index (χ1n) is 8.44. The number of nitriles is 1. The summed E-state index contributed by atoms with van der Waals surface area (Å²) in [7, 11) is 0. The predicted molar refractivity (Wildman–Crippen MR) is 106 cm³/mol. The average molecular weight is 446 g/mol. The molecule has 1 aliphatic heterocycles. The summed E-state index contributed by atoms with van der Waals surface area (Å²) in [5, 5.41) is 21.8. The number of anilines is 1. The molecule has 0 aliphatic carbocycles. The number of piperidine rings is 1. The monoisotopic (exact) mass is 445 g/mol. The Morgan fingerprint density at radius 2 is 2.11 bits per heavy atom. The molecule has 27 heavy (non-hydrogen) atoms. The smallest absolute Gasteiger partial charge is 0.351 e. The molecule has 7 nitrogen and oxygen atoms in total. The molecule has 9 heteroatoms. The summed E-state index contributed by atoms with van der Waals surface area (Å²) >= 11 is 5.04. The van der Waals surface area contributed by atoms with Crippen LogP contribution in [0.2, 0.25) is 0 Å². The highest BCUT2D eigenvalue weighted by Gasteiger charge is 2.38. The molecule has 0 unspecified atom stereocenters. The van der Waals surface area contributed by atoms with Crippen molar-refractivity contribution in [3.63, 3.8) is 0 Å². The molecule has 0 saturated carbocycles. The van der Waals surface area contributed by atoms with Crippen molar-refractivity contribution in [1.82, 2.24) is 15.3 Å². The van der Waals surface area contributed by atoms with Crippen LogP contribution in [0.4, 0.5) is 10.6 Å². The summed E-state index contributed by atoms with van der Waals surface area (Å²) in [4.78, 5) is 18.7. The number of H-pyrrole nitrogens is 1. The van der Waals surface area contributed by atoms with E-state index in [1.165, 1.54) is 0 Å². The summed E-state index contributed by atoms with van der Waals surface area (Å²) in [5.74, 6) is 0.433. The number of hydrogen-bond donors (Lipinski definition) is 2. The summed E-state index contributed by atoms with van der Waals surface area (Å²) in [5.41, 5.74) is 0.317. The van der Waals surface area contributed by atoms with E-state index in [9.17, 15) is 10.1 Å². The minimum absolute atomic E-state index is 0.433. The van der Waals surface area contributed by atoms with Crippen LogP contribution in [0.3, 0.4) is 0 Å². The van der Waals surface area contributed by atoms with E-state index in [0.29, 0.717) is 31.7 Å². The van der Waals surface area contributed by atoms with Crippen LogP contribution in [0.15, 0.2) is 40.2 Å². The predicted octanol–water partition coefficient (Wildman–Crippen LogP) is 4.41. The zero-order valence-electron chi connectivity index (χ0n) is 14.2. The van der Waals surface area contributed by atoms with E-state index in [4.69, 9.17) is 4.84 Å². The second-order valence-corrected chi connectivity index (χ2v) is 8.81. The van der Waals surface area contributed by atoms with Crippen LogP contribution in [-0.2, 0) is 10.3 Å². The minimum atomic E-state index is -0.587. The van der Waals surface area contributed by atoms with E-state index in [0.717, 1.165) is 19.6 Å². The number of nitrogens with zero attached hydrogens (tertiary/aromatic N) is 3. The van der Waals surface area contributed by atoms with Crippen molar-refractivity contribution >= 4 is 50.1 Å². The largest absolute Gasteiger partial charge is 0.432 e. The number of aromatic amines is 1. The molecular weight excluding hydrogens is 430 g/mol. The SMILES string of the molecule is N#CC1(c2ccc(Br)s2)CCN(OC(=O)Nc2n[nH]c3ccccc23)CC1. The third-order valence-corrected chi connectivity index (χ3v) is 6.57. The van der Waals surface area contributed by atoms with Gasteiger partial charge in [0.15, 0.2) is 5.82 Å². The number of thiophene rings is 1. The number of halogens is 1. The number of benzene rings is 1. The quantitative estimate of drug-likeness (QED) is 0.622. The molecule has 1 amide bonds. The van der Waals surface area contributed by atoms with Gasteiger partial charge in [0, 0.05) is 23.4 Å². The normalized spacial score (nSPS) is 16.7. The number of fused-ring (bicyclic) bond motifs is 1. The molecule has 1 aromatic carbocycles. The minimum Gasteiger partial charge on any atom is -0.351 e. The highest BCUT2D eigenvalue weighted by Crippen LogP contribution is 2.40. The van der Waals surface area contributed by atoms with Gasteiger partial charge in [-0.05, 0) is 53.0 Å². The van der Waals surface area contributed by atoms with Crippen LogP contribution < -0.4 is 5.32 Å². The fourth-order valence-corrected chi connectivity index (χ4v) is 4.82. The lowest BCUT2D eigenvalue weighted by Crippen LogP contribution is -2.43. The van der Waals surface area contributed by atoms with E-state index in [1.54, 1.807) is 16.4 Å². The molecule has 0 spiro atoms. The van der Waals surface area contributed by atoms with Crippen LogP contribution in [0.1, 0.15) is 17.7 Å². The molecule has 3 heterocycles. The van der Waals surface area contributed by atoms with E-state index < -0.39 is 11.5 Å². The summed E-state index contributed by atoms with van der Waals surface area (Å²) < 4.78 is 1.01. The van der Waals surface area contributed by atoms with Gasteiger partial charge in [-0.25, -0.2) is 4.79 Å². The third-order valence-electron chi connectivity index (χ3n) is 4.74. The number of nitrogens with one attached hydrogen (secondary N) is 2. The first-order valence-corrected chi connectivity index (χ1v) is 10.0. The maximum atomic E-state index is 12.2. The lowest BCUT2D eigenvalue weighted by atomic mass is 9.79. The van der Waals surface area contributed by atoms with Crippen LogP contribution in [-0.4, -0.2) is 34.4 Å². The second kappa shape index (κ2) is 7.31. The summed E-state index contributed by atoms with van der Waals surface area (Å²) in [6, 6.07) is 13.9. The van der Waals surface area contributed by atoms with Crippen molar-refractivity contribution in [2.75, 3.05) is 18.4 Å². The van der Waals surface area contributed by atoms with Crippen LogP contribution in [0.5, 0.6) is 0 Å². The number of carbonyl (C=O) groups is 1. The summed E-state index contributed by atoms with van der Waals surface area (Å²) in [6.45, 7) is 0.996. The molecule has 1 fully saturated rings. The molecule has 2 N–H and O–H groups in total. The van der Waals surface area contributed by atoms with Gasteiger partial charge < -0.3 is 4.84 Å². The molecule has 1 saturated heterocycles. The first kappa shape index (κ1) is 18.0. The van der Waals surface area contributed by atoms with Gasteiger partial charge in [-0.15, -0.1) is 16.4 Å². The molecule has 3 aromatic rings. The van der Waals surface area contributed by atoms with Crippen molar-refractivity contribution in [2.24, 2.45) is 0 Å². The van der Waals surface area contributed by atoms with Crippen molar-refractivity contribution in [2.45, 2.75) is 18.3 Å². The van der Waals surface area contributed by atoms with E-state index in [1.807, 2.05) is 36.4 Å². The average Bonchev–Trinajstić information content (AvgIpc) is 3.30. The van der Waals surface area contributed by atoms with E-state index >= 15 is 0 Å². The Labute approximate surface area is 168 Å². The van der Waals surface area contributed by atoms with Crippen LogP contribution in [0.25, 0.3) is 10.9 Å². The Kier molecular flexibility index (Phi) is 4.86. The second-order valence-electron chi connectivity index (χ2n) is 6.35. The van der Waals surface area contributed by atoms with Crippen molar-refractivity contribution in [3.8, 4) is 6.07 Å². The number of rotatable bonds is 3. The van der Waals surface area contributed by atoms with Crippen molar-refractivity contribution in [3.05, 3.63) is 45.1 Å². The van der Waals surface area contributed by atoms with Gasteiger partial charge in [-0.1, -0.05) is 12.1 Å². The number of aromatic nitrogens is 2.